The second-order valence-corrected chi connectivity index (χ2v) is 6.17. The number of rotatable bonds is 4. The van der Waals surface area contributed by atoms with Crippen molar-refractivity contribution in [1.82, 2.24) is 14.8 Å². The summed E-state index contributed by atoms with van der Waals surface area (Å²) in [6.45, 7) is 2.88. The quantitative estimate of drug-likeness (QED) is 0.863. The summed E-state index contributed by atoms with van der Waals surface area (Å²) in [6.07, 6.45) is 4.67. The molecule has 0 aliphatic heterocycles. The first-order chi connectivity index (χ1) is 9.81. The minimum Gasteiger partial charge on any atom is -0.461 e. The zero-order valence-corrected chi connectivity index (χ0v) is 12.1. The molecule has 104 valence electrons. The minimum absolute atomic E-state index is 0.204. The van der Waals surface area contributed by atoms with Crippen LogP contribution < -0.4 is 0 Å². The molecule has 0 amide bonds. The second kappa shape index (κ2) is 5.71. The predicted octanol–water partition coefficient (Wildman–Crippen LogP) is 3.34. The van der Waals surface area contributed by atoms with Gasteiger partial charge in [0.2, 0.25) is 0 Å². The lowest BCUT2D eigenvalue weighted by Gasteiger charge is -2.09. The van der Waals surface area contributed by atoms with Crippen LogP contribution in [0.4, 0.5) is 0 Å². The summed E-state index contributed by atoms with van der Waals surface area (Å²) in [5.41, 5.74) is 0. The van der Waals surface area contributed by atoms with Crippen molar-refractivity contribution >= 4 is 11.8 Å². The molecule has 20 heavy (non-hydrogen) atoms. The maximum Gasteiger partial charge on any atom is 0.200 e. The van der Waals surface area contributed by atoms with E-state index in [0.717, 1.165) is 42.5 Å². The van der Waals surface area contributed by atoms with Gasteiger partial charge in [0.1, 0.15) is 0 Å². The highest BCUT2D eigenvalue weighted by Crippen LogP contribution is 2.37. The van der Waals surface area contributed by atoms with E-state index in [1.165, 1.54) is 0 Å². The van der Waals surface area contributed by atoms with Crippen LogP contribution in [0.2, 0.25) is 0 Å². The Balaban J connectivity index is 1.79. The van der Waals surface area contributed by atoms with E-state index < -0.39 is 0 Å². The summed E-state index contributed by atoms with van der Waals surface area (Å²) in [5.74, 6) is 1.72. The highest BCUT2D eigenvalue weighted by molar-refractivity contribution is 7.99. The maximum atomic E-state index is 8.97. The number of aromatic nitrogens is 3. The Labute approximate surface area is 122 Å². The largest absolute Gasteiger partial charge is 0.461 e. The highest BCUT2D eigenvalue weighted by Gasteiger charge is 2.27. The van der Waals surface area contributed by atoms with Gasteiger partial charge in [0.25, 0.3) is 0 Å². The summed E-state index contributed by atoms with van der Waals surface area (Å²) < 4.78 is 7.48. The fraction of sp³-hybridized carbons (Fsp3) is 0.500. The maximum absolute atomic E-state index is 8.97. The van der Waals surface area contributed by atoms with Crippen LogP contribution in [0.15, 0.2) is 28.0 Å². The first kappa shape index (κ1) is 13.3. The van der Waals surface area contributed by atoms with Crippen LogP contribution in [0.5, 0.6) is 0 Å². The second-order valence-electron chi connectivity index (χ2n) is 4.91. The van der Waals surface area contributed by atoms with E-state index in [0.29, 0.717) is 5.25 Å². The Bertz CT molecular complexity index is 614. The number of hydrogen-bond donors (Lipinski definition) is 0. The average molecular weight is 288 g/mol. The molecule has 1 aliphatic rings. The monoisotopic (exact) mass is 288 g/mol. The molecule has 0 saturated heterocycles. The molecule has 0 aromatic carbocycles. The molecule has 0 spiro atoms. The van der Waals surface area contributed by atoms with Crippen molar-refractivity contribution in [3.05, 3.63) is 18.4 Å². The molecular weight excluding hydrogens is 272 g/mol. The topological polar surface area (TPSA) is 67.6 Å². The summed E-state index contributed by atoms with van der Waals surface area (Å²) in [6, 6.07) is 6.11. The van der Waals surface area contributed by atoms with Gasteiger partial charge >= 0.3 is 0 Å². The lowest BCUT2D eigenvalue weighted by molar-refractivity contribution is 0.566. The van der Waals surface area contributed by atoms with Crippen molar-refractivity contribution in [3.8, 4) is 17.7 Å². The SMILES string of the molecule is CCn1c(S[C@H]2CC[C@H](C#N)C2)nnc1-c1ccco1. The number of hydrogen-bond acceptors (Lipinski definition) is 5. The van der Waals surface area contributed by atoms with Crippen LogP contribution in [0, 0.1) is 17.2 Å². The van der Waals surface area contributed by atoms with Crippen LogP contribution in [0.25, 0.3) is 11.6 Å². The minimum atomic E-state index is 0.204. The van der Waals surface area contributed by atoms with E-state index in [1.54, 1.807) is 18.0 Å². The van der Waals surface area contributed by atoms with Gasteiger partial charge in [-0.2, -0.15) is 5.26 Å². The molecule has 2 atom stereocenters. The molecule has 0 N–H and O–H groups in total. The van der Waals surface area contributed by atoms with E-state index in [2.05, 4.69) is 27.8 Å². The molecule has 2 heterocycles. The Morgan fingerprint density at radius 1 is 1.50 bits per heavy atom. The van der Waals surface area contributed by atoms with Gasteiger partial charge in [0.05, 0.1) is 12.3 Å². The van der Waals surface area contributed by atoms with Gasteiger partial charge in [-0.25, -0.2) is 0 Å². The van der Waals surface area contributed by atoms with Crippen molar-refractivity contribution in [2.45, 2.75) is 43.1 Å². The third kappa shape index (κ3) is 2.46. The normalized spacial score (nSPS) is 22.0. The van der Waals surface area contributed by atoms with E-state index in [9.17, 15) is 0 Å². The summed E-state index contributed by atoms with van der Waals surface area (Å²) in [4.78, 5) is 0. The van der Waals surface area contributed by atoms with Crippen molar-refractivity contribution in [2.24, 2.45) is 5.92 Å². The number of thioether (sulfide) groups is 1. The van der Waals surface area contributed by atoms with Gasteiger partial charge in [-0.3, -0.25) is 4.57 Å². The highest BCUT2D eigenvalue weighted by atomic mass is 32.2. The van der Waals surface area contributed by atoms with E-state index in [4.69, 9.17) is 9.68 Å². The Hall–Kier alpha value is -1.74. The number of nitriles is 1. The Morgan fingerprint density at radius 2 is 2.40 bits per heavy atom. The van der Waals surface area contributed by atoms with Gasteiger partial charge < -0.3 is 4.42 Å². The summed E-state index contributed by atoms with van der Waals surface area (Å²) in [5, 5.41) is 18.9. The fourth-order valence-corrected chi connectivity index (χ4v) is 3.87. The van der Waals surface area contributed by atoms with Crippen molar-refractivity contribution in [2.75, 3.05) is 0 Å². The smallest absolute Gasteiger partial charge is 0.200 e. The number of nitrogens with zero attached hydrogens (tertiary/aromatic N) is 4. The van der Waals surface area contributed by atoms with Crippen LogP contribution in [-0.2, 0) is 6.54 Å². The van der Waals surface area contributed by atoms with Crippen LogP contribution >= 0.6 is 11.8 Å². The lowest BCUT2D eigenvalue weighted by atomic mass is 10.1. The molecule has 0 radical (unpaired) electrons. The predicted molar refractivity (Wildman–Crippen MR) is 76.0 cm³/mol. The molecule has 5 nitrogen and oxygen atoms in total. The molecule has 0 unspecified atom stereocenters. The summed E-state index contributed by atoms with van der Waals surface area (Å²) in [7, 11) is 0. The van der Waals surface area contributed by atoms with Crippen molar-refractivity contribution in [1.29, 1.82) is 5.26 Å². The van der Waals surface area contributed by atoms with Gasteiger partial charge in [-0.15, -0.1) is 10.2 Å². The van der Waals surface area contributed by atoms with Gasteiger partial charge in [-0.1, -0.05) is 11.8 Å². The van der Waals surface area contributed by atoms with E-state index >= 15 is 0 Å². The molecule has 1 saturated carbocycles. The number of furan rings is 1. The molecular formula is C14H16N4OS. The van der Waals surface area contributed by atoms with Crippen LogP contribution in [0.3, 0.4) is 0 Å². The third-order valence-corrected chi connectivity index (χ3v) is 4.89. The van der Waals surface area contributed by atoms with Gasteiger partial charge in [-0.05, 0) is 38.3 Å². The van der Waals surface area contributed by atoms with E-state index in [-0.39, 0.29) is 5.92 Å². The van der Waals surface area contributed by atoms with Crippen LogP contribution in [0.1, 0.15) is 26.2 Å². The van der Waals surface area contributed by atoms with Gasteiger partial charge in [0, 0.05) is 17.7 Å². The molecule has 3 rings (SSSR count). The molecule has 6 heteroatoms. The fourth-order valence-electron chi connectivity index (χ4n) is 2.56. The lowest BCUT2D eigenvalue weighted by Crippen LogP contribution is -2.03. The van der Waals surface area contributed by atoms with Crippen molar-refractivity contribution in [3.63, 3.8) is 0 Å². The summed E-state index contributed by atoms with van der Waals surface area (Å²) >= 11 is 1.74. The molecule has 2 aromatic heterocycles. The zero-order chi connectivity index (χ0) is 13.9. The molecule has 2 aromatic rings. The Morgan fingerprint density at radius 3 is 3.05 bits per heavy atom. The standard InChI is InChI=1S/C14H16N4OS/c1-2-18-13(12-4-3-7-19-12)16-17-14(18)20-11-6-5-10(8-11)9-15/h3-4,7,10-11H,2,5-6,8H2,1H3/t10-,11-/m0/s1. The van der Waals surface area contributed by atoms with Gasteiger partial charge in [0.15, 0.2) is 16.7 Å². The molecule has 1 fully saturated rings. The first-order valence-corrected chi connectivity index (χ1v) is 7.73. The zero-order valence-electron chi connectivity index (χ0n) is 11.3. The third-order valence-electron chi connectivity index (χ3n) is 3.61. The Kier molecular flexibility index (Phi) is 3.79. The molecule has 0 bridgehead atoms. The average Bonchev–Trinajstić information content (AvgIpc) is 3.19. The molecule has 1 aliphatic carbocycles. The van der Waals surface area contributed by atoms with Crippen molar-refractivity contribution < 1.29 is 4.42 Å². The van der Waals surface area contributed by atoms with E-state index in [1.807, 2.05) is 12.1 Å². The first-order valence-electron chi connectivity index (χ1n) is 6.85. The van der Waals surface area contributed by atoms with Crippen LogP contribution in [-0.4, -0.2) is 20.0 Å².